The summed E-state index contributed by atoms with van der Waals surface area (Å²) in [7, 11) is -3.65. The van der Waals surface area contributed by atoms with Crippen molar-refractivity contribution in [1.82, 2.24) is 0 Å². The molecule has 6 nitrogen and oxygen atoms in total. The van der Waals surface area contributed by atoms with Gasteiger partial charge < -0.3 is 0 Å². The molecule has 0 radical (unpaired) electrons. The summed E-state index contributed by atoms with van der Waals surface area (Å²) >= 11 is 2.72. The molecule has 0 spiro atoms. The van der Waals surface area contributed by atoms with E-state index in [1.807, 2.05) is 4.72 Å². The molecular weight excluding hydrogens is 307 g/mol. The molecule has 1 aromatic rings. The minimum Gasteiger partial charge on any atom is -0.282 e. The highest BCUT2D eigenvalue weighted by molar-refractivity contribution is 9.10. The van der Waals surface area contributed by atoms with Crippen LogP contribution in [0.15, 0.2) is 18.2 Å². The molecule has 0 aromatic heterocycles. The van der Waals surface area contributed by atoms with Crippen molar-refractivity contribution in [2.45, 2.75) is 0 Å². The smallest absolute Gasteiger partial charge is 0.274 e. The van der Waals surface area contributed by atoms with Crippen LogP contribution in [0.25, 0.3) is 0 Å². The SMILES string of the molecule is O=[N+]([O-])c1cc(F)cc(NS(=O)(=O)CBr)c1. The minimum absolute atomic E-state index is 0.189. The number of sulfonamides is 1. The fourth-order valence-electron chi connectivity index (χ4n) is 0.945. The number of anilines is 1. The molecule has 0 aliphatic carbocycles. The van der Waals surface area contributed by atoms with Gasteiger partial charge in [-0.2, -0.15) is 0 Å². The van der Waals surface area contributed by atoms with Crippen molar-refractivity contribution in [3.8, 4) is 0 Å². The molecule has 0 heterocycles. The number of rotatable bonds is 4. The van der Waals surface area contributed by atoms with E-state index in [9.17, 15) is 22.9 Å². The normalized spacial score (nSPS) is 11.1. The number of nitro benzene ring substituents is 1. The molecule has 0 aliphatic rings. The van der Waals surface area contributed by atoms with E-state index in [1.54, 1.807) is 0 Å². The molecule has 0 atom stereocenters. The average molecular weight is 313 g/mol. The maximum Gasteiger partial charge on any atom is 0.274 e. The fourth-order valence-corrected chi connectivity index (χ4v) is 1.82. The second-order valence-corrected chi connectivity index (χ2v) is 5.81. The summed E-state index contributed by atoms with van der Waals surface area (Å²) in [5.41, 5.74) is -0.710. The summed E-state index contributed by atoms with van der Waals surface area (Å²) in [4.78, 5) is 9.58. The van der Waals surface area contributed by atoms with E-state index in [4.69, 9.17) is 0 Å². The summed E-state index contributed by atoms with van der Waals surface area (Å²) in [6, 6.07) is 2.49. The highest BCUT2D eigenvalue weighted by atomic mass is 79.9. The van der Waals surface area contributed by atoms with Gasteiger partial charge in [0, 0.05) is 6.07 Å². The van der Waals surface area contributed by atoms with Crippen molar-refractivity contribution >= 4 is 37.3 Å². The lowest BCUT2D eigenvalue weighted by Crippen LogP contribution is -2.13. The Morgan fingerprint density at radius 3 is 2.56 bits per heavy atom. The number of hydrogen-bond donors (Lipinski definition) is 1. The van der Waals surface area contributed by atoms with Crippen LogP contribution in [0, 0.1) is 15.9 Å². The Hall–Kier alpha value is -1.22. The Morgan fingerprint density at radius 2 is 2.06 bits per heavy atom. The van der Waals surface area contributed by atoms with Gasteiger partial charge in [0.1, 0.15) is 10.5 Å². The van der Waals surface area contributed by atoms with E-state index < -0.39 is 26.5 Å². The summed E-state index contributed by atoms with van der Waals surface area (Å²) in [6.45, 7) is 0. The standard InChI is InChI=1S/C7H6BrFN2O4S/c8-4-16(14,15)10-6-1-5(9)2-7(3-6)11(12)13/h1-3,10H,4H2. The Balaban J connectivity index is 3.11. The monoisotopic (exact) mass is 312 g/mol. The molecule has 16 heavy (non-hydrogen) atoms. The van der Waals surface area contributed by atoms with Gasteiger partial charge in [-0.15, -0.1) is 0 Å². The number of nitrogens with one attached hydrogen (secondary N) is 1. The van der Waals surface area contributed by atoms with Crippen LogP contribution in [0.1, 0.15) is 0 Å². The predicted molar refractivity (Wildman–Crippen MR) is 59.4 cm³/mol. The van der Waals surface area contributed by atoms with Crippen LogP contribution in [0.3, 0.4) is 0 Å². The van der Waals surface area contributed by atoms with E-state index in [2.05, 4.69) is 15.9 Å². The zero-order valence-electron chi connectivity index (χ0n) is 7.68. The van der Waals surface area contributed by atoms with Crippen LogP contribution in [0.5, 0.6) is 0 Å². The summed E-state index contributed by atoms with van der Waals surface area (Å²) in [5, 5.41) is 10.4. The van der Waals surface area contributed by atoms with Crippen molar-refractivity contribution in [2.75, 3.05) is 9.38 Å². The number of benzene rings is 1. The molecular formula is C7H6BrFN2O4S. The Morgan fingerprint density at radius 1 is 1.44 bits per heavy atom. The quantitative estimate of drug-likeness (QED) is 0.522. The van der Waals surface area contributed by atoms with Crippen LogP contribution in [0.4, 0.5) is 15.8 Å². The van der Waals surface area contributed by atoms with Crippen LogP contribution >= 0.6 is 15.9 Å². The molecule has 1 aromatic carbocycles. The lowest BCUT2D eigenvalue weighted by atomic mass is 10.3. The molecule has 9 heteroatoms. The second-order valence-electron chi connectivity index (χ2n) is 2.78. The number of alkyl halides is 1. The van der Waals surface area contributed by atoms with Crippen molar-refractivity contribution in [3.63, 3.8) is 0 Å². The first kappa shape index (κ1) is 12.8. The zero-order valence-corrected chi connectivity index (χ0v) is 10.1. The van der Waals surface area contributed by atoms with Gasteiger partial charge >= 0.3 is 0 Å². The van der Waals surface area contributed by atoms with Crippen molar-refractivity contribution in [3.05, 3.63) is 34.1 Å². The lowest BCUT2D eigenvalue weighted by Gasteiger charge is -2.04. The lowest BCUT2D eigenvalue weighted by molar-refractivity contribution is -0.385. The van der Waals surface area contributed by atoms with Gasteiger partial charge in [0.2, 0.25) is 10.0 Å². The number of halogens is 2. The van der Waals surface area contributed by atoms with Gasteiger partial charge in [-0.25, -0.2) is 12.8 Å². The average Bonchev–Trinajstić information content (AvgIpc) is 2.16. The predicted octanol–water partition coefficient (Wildman–Crippen LogP) is 1.83. The van der Waals surface area contributed by atoms with E-state index in [0.717, 1.165) is 12.1 Å². The largest absolute Gasteiger partial charge is 0.282 e. The number of nitro groups is 1. The number of non-ortho nitro benzene ring substituents is 1. The maximum absolute atomic E-state index is 12.9. The summed E-state index contributed by atoms with van der Waals surface area (Å²) in [5.74, 6) is -0.888. The van der Waals surface area contributed by atoms with Gasteiger partial charge in [-0.3, -0.25) is 14.8 Å². The van der Waals surface area contributed by atoms with Crippen LogP contribution in [0.2, 0.25) is 0 Å². The van der Waals surface area contributed by atoms with Crippen molar-refractivity contribution < 1.29 is 17.7 Å². The molecule has 0 saturated carbocycles. The first-order chi connectivity index (χ1) is 7.34. The summed E-state index contributed by atoms with van der Waals surface area (Å²) < 4.78 is 36.7. The molecule has 1 N–H and O–H groups in total. The summed E-state index contributed by atoms with van der Waals surface area (Å²) in [6.07, 6.45) is 0. The van der Waals surface area contributed by atoms with Gasteiger partial charge in [0.05, 0.1) is 16.7 Å². The molecule has 0 saturated heterocycles. The van der Waals surface area contributed by atoms with E-state index in [1.165, 1.54) is 0 Å². The van der Waals surface area contributed by atoms with Crippen LogP contribution in [-0.4, -0.2) is 18.0 Å². The maximum atomic E-state index is 12.9. The van der Waals surface area contributed by atoms with Crippen molar-refractivity contribution in [1.29, 1.82) is 0 Å². The molecule has 0 fully saturated rings. The molecule has 88 valence electrons. The van der Waals surface area contributed by atoms with E-state index in [-0.39, 0.29) is 10.3 Å². The highest BCUT2D eigenvalue weighted by Gasteiger charge is 2.13. The topological polar surface area (TPSA) is 89.3 Å². The Kier molecular flexibility index (Phi) is 3.81. The first-order valence-corrected chi connectivity index (χ1v) is 6.63. The number of hydrogen-bond acceptors (Lipinski definition) is 4. The van der Waals surface area contributed by atoms with E-state index >= 15 is 0 Å². The molecule has 0 bridgehead atoms. The van der Waals surface area contributed by atoms with Crippen LogP contribution in [-0.2, 0) is 10.0 Å². The Labute approximate surface area is 98.8 Å². The minimum atomic E-state index is -3.65. The fraction of sp³-hybridized carbons (Fsp3) is 0.143. The highest BCUT2D eigenvalue weighted by Crippen LogP contribution is 2.21. The Bertz CT molecular complexity index is 519. The third-order valence-electron chi connectivity index (χ3n) is 1.51. The van der Waals surface area contributed by atoms with Gasteiger partial charge in [0.25, 0.3) is 5.69 Å². The van der Waals surface area contributed by atoms with Crippen molar-refractivity contribution in [2.24, 2.45) is 0 Å². The third-order valence-corrected chi connectivity index (χ3v) is 4.15. The first-order valence-electron chi connectivity index (χ1n) is 3.85. The molecule has 1 rings (SSSR count). The molecule has 0 unspecified atom stereocenters. The van der Waals surface area contributed by atoms with Crippen LogP contribution < -0.4 is 4.72 Å². The second kappa shape index (κ2) is 4.74. The van der Waals surface area contributed by atoms with Gasteiger partial charge in [-0.1, -0.05) is 15.9 Å². The molecule has 0 amide bonds. The van der Waals surface area contributed by atoms with Gasteiger partial charge in [0.15, 0.2) is 0 Å². The third kappa shape index (κ3) is 3.42. The van der Waals surface area contributed by atoms with Gasteiger partial charge in [-0.05, 0) is 6.07 Å². The van der Waals surface area contributed by atoms with E-state index in [0.29, 0.717) is 6.07 Å². The molecule has 0 aliphatic heterocycles. The zero-order chi connectivity index (χ0) is 12.3. The number of nitrogens with zero attached hydrogens (tertiary/aromatic N) is 1.